The highest BCUT2D eigenvalue weighted by Crippen LogP contribution is 2.28. The Hall–Kier alpha value is -2.17. The monoisotopic (exact) mass is 233 g/mol. The maximum absolute atomic E-state index is 13.6. The number of hydrogen-bond donors (Lipinski definition) is 1. The second-order valence-electron chi connectivity index (χ2n) is 3.65. The first-order valence-corrected chi connectivity index (χ1v) is 5.09. The molecule has 2 N–H and O–H groups in total. The predicted octanol–water partition coefficient (Wildman–Crippen LogP) is 2.61. The van der Waals surface area contributed by atoms with Gasteiger partial charge in [0.15, 0.2) is 0 Å². The number of nitrogens with zero attached hydrogens (tertiary/aromatic N) is 2. The summed E-state index contributed by atoms with van der Waals surface area (Å²) in [6, 6.07) is 5.20. The zero-order valence-corrected chi connectivity index (χ0v) is 9.57. The van der Waals surface area contributed by atoms with Crippen LogP contribution >= 0.6 is 0 Å². The van der Waals surface area contributed by atoms with Gasteiger partial charge < -0.3 is 10.5 Å². The average Bonchev–Trinajstić information content (AvgIpc) is 2.31. The molecule has 1 aromatic carbocycles. The number of nitrogen functional groups attached to an aromatic ring is 1. The molecular formula is C12H12FN3O. The zero-order chi connectivity index (χ0) is 12.4. The third-order valence-corrected chi connectivity index (χ3v) is 2.46. The fraction of sp³-hybridized carbons (Fsp3) is 0.167. The van der Waals surface area contributed by atoms with Gasteiger partial charge in [0.25, 0.3) is 5.88 Å². The molecule has 0 spiro atoms. The molecule has 88 valence electrons. The second-order valence-corrected chi connectivity index (χ2v) is 3.65. The van der Waals surface area contributed by atoms with Crippen molar-refractivity contribution >= 4 is 5.69 Å². The van der Waals surface area contributed by atoms with Gasteiger partial charge in [-0.25, -0.2) is 4.98 Å². The molecule has 0 bridgehead atoms. The highest BCUT2D eigenvalue weighted by Gasteiger charge is 2.11. The molecular weight excluding hydrogens is 221 g/mol. The van der Waals surface area contributed by atoms with Gasteiger partial charge in [-0.15, -0.1) is 0 Å². The van der Waals surface area contributed by atoms with Crippen molar-refractivity contribution < 1.29 is 9.13 Å². The van der Waals surface area contributed by atoms with Gasteiger partial charge in [0, 0.05) is 11.3 Å². The third-order valence-electron chi connectivity index (χ3n) is 2.46. The normalized spacial score (nSPS) is 10.3. The Kier molecular flexibility index (Phi) is 2.91. The van der Waals surface area contributed by atoms with E-state index in [2.05, 4.69) is 9.97 Å². The van der Waals surface area contributed by atoms with Gasteiger partial charge in [-0.3, -0.25) is 0 Å². The first-order chi connectivity index (χ1) is 8.09. The van der Waals surface area contributed by atoms with Crippen LogP contribution in [-0.2, 0) is 0 Å². The number of aryl methyl sites for hydroxylation is 1. The molecule has 5 heteroatoms. The zero-order valence-electron chi connectivity index (χ0n) is 9.57. The van der Waals surface area contributed by atoms with E-state index in [1.807, 2.05) is 0 Å². The van der Waals surface area contributed by atoms with Crippen molar-refractivity contribution in [3.8, 4) is 11.6 Å². The molecule has 0 aliphatic rings. The van der Waals surface area contributed by atoms with Crippen LogP contribution in [0.2, 0.25) is 0 Å². The van der Waals surface area contributed by atoms with Crippen molar-refractivity contribution in [3.63, 3.8) is 0 Å². The quantitative estimate of drug-likeness (QED) is 0.810. The summed E-state index contributed by atoms with van der Waals surface area (Å²) in [4.78, 5) is 7.49. The van der Waals surface area contributed by atoms with Crippen molar-refractivity contribution in [2.75, 3.05) is 5.73 Å². The lowest BCUT2D eigenvalue weighted by Crippen LogP contribution is -1.99. The molecule has 0 saturated heterocycles. The maximum Gasteiger partial charge on any atom is 0.259 e. The topological polar surface area (TPSA) is 61.0 Å². The largest absolute Gasteiger partial charge is 0.436 e. The summed E-state index contributed by atoms with van der Waals surface area (Å²) in [6.07, 6.45) is 1.26. The molecule has 4 nitrogen and oxygen atoms in total. The molecule has 0 fully saturated rings. The molecule has 0 atom stereocenters. The number of anilines is 1. The van der Waals surface area contributed by atoms with E-state index in [4.69, 9.17) is 10.5 Å². The Bertz CT molecular complexity index is 508. The van der Waals surface area contributed by atoms with Crippen molar-refractivity contribution in [2.24, 2.45) is 0 Å². The minimum atomic E-state index is -0.561. The van der Waals surface area contributed by atoms with Gasteiger partial charge in [-0.2, -0.15) is 9.37 Å². The predicted molar refractivity (Wildman–Crippen MR) is 62.4 cm³/mol. The van der Waals surface area contributed by atoms with Crippen LogP contribution < -0.4 is 10.5 Å². The number of nitrogens with two attached hydrogens (primary N) is 1. The molecule has 2 aromatic rings. The van der Waals surface area contributed by atoms with E-state index in [9.17, 15) is 4.39 Å². The van der Waals surface area contributed by atoms with Crippen LogP contribution in [0.4, 0.5) is 10.1 Å². The van der Waals surface area contributed by atoms with E-state index >= 15 is 0 Å². The van der Waals surface area contributed by atoms with E-state index in [1.165, 1.54) is 6.33 Å². The Labute approximate surface area is 98.3 Å². The third kappa shape index (κ3) is 2.18. The Morgan fingerprint density at radius 2 is 2.00 bits per heavy atom. The molecule has 1 heterocycles. The van der Waals surface area contributed by atoms with Crippen LogP contribution in [0.15, 0.2) is 24.5 Å². The average molecular weight is 233 g/mol. The van der Waals surface area contributed by atoms with Gasteiger partial charge in [0.05, 0.1) is 5.69 Å². The van der Waals surface area contributed by atoms with Crippen LogP contribution in [0, 0.1) is 19.7 Å². The molecule has 1 aromatic heterocycles. The lowest BCUT2D eigenvalue weighted by Gasteiger charge is -2.10. The summed E-state index contributed by atoms with van der Waals surface area (Å²) in [5.41, 5.74) is 7.33. The van der Waals surface area contributed by atoms with Crippen molar-refractivity contribution in [1.82, 2.24) is 9.97 Å². The number of hydrogen-bond acceptors (Lipinski definition) is 4. The highest BCUT2D eigenvalue weighted by molar-refractivity contribution is 5.53. The number of rotatable bonds is 2. The van der Waals surface area contributed by atoms with E-state index < -0.39 is 5.82 Å². The number of benzene rings is 1. The highest BCUT2D eigenvalue weighted by atomic mass is 19.1. The minimum Gasteiger partial charge on any atom is -0.436 e. The summed E-state index contributed by atoms with van der Waals surface area (Å²) in [5, 5.41) is 0. The van der Waals surface area contributed by atoms with Crippen LogP contribution in [0.1, 0.15) is 11.3 Å². The summed E-state index contributed by atoms with van der Waals surface area (Å²) in [5.74, 6) is -0.164. The van der Waals surface area contributed by atoms with E-state index in [0.717, 1.165) is 5.56 Å². The van der Waals surface area contributed by atoms with Gasteiger partial charge in [-0.1, -0.05) is 6.07 Å². The van der Waals surface area contributed by atoms with Gasteiger partial charge in [0.2, 0.25) is 5.82 Å². The number of aromatic nitrogens is 2. The first-order valence-electron chi connectivity index (χ1n) is 5.09. The summed E-state index contributed by atoms with van der Waals surface area (Å²) in [6.45, 7) is 3.35. The van der Waals surface area contributed by atoms with Gasteiger partial charge in [-0.05, 0) is 26.0 Å². The standard InChI is InChI=1S/C12H12FN3O/c1-7-9(14)4-3-5-10(7)17-12-11(13)8(2)15-6-16-12/h3-6H,14H2,1-2H3. The Balaban J connectivity index is 2.38. The van der Waals surface area contributed by atoms with E-state index in [-0.39, 0.29) is 11.6 Å². The molecule has 0 aliphatic carbocycles. The number of halogens is 1. The van der Waals surface area contributed by atoms with Crippen molar-refractivity contribution in [3.05, 3.63) is 41.6 Å². The van der Waals surface area contributed by atoms with Crippen LogP contribution in [0.25, 0.3) is 0 Å². The van der Waals surface area contributed by atoms with Crippen LogP contribution in [0.3, 0.4) is 0 Å². The van der Waals surface area contributed by atoms with Crippen LogP contribution in [0.5, 0.6) is 11.6 Å². The fourth-order valence-electron chi connectivity index (χ4n) is 1.35. The lowest BCUT2D eigenvalue weighted by atomic mass is 10.2. The molecule has 0 aliphatic heterocycles. The Morgan fingerprint density at radius 3 is 2.76 bits per heavy atom. The second kappa shape index (κ2) is 4.37. The smallest absolute Gasteiger partial charge is 0.259 e. The van der Waals surface area contributed by atoms with Gasteiger partial charge >= 0.3 is 0 Å². The molecule has 0 unspecified atom stereocenters. The summed E-state index contributed by atoms with van der Waals surface area (Å²) < 4.78 is 19.0. The number of ether oxygens (including phenoxy) is 1. The fourth-order valence-corrected chi connectivity index (χ4v) is 1.35. The maximum atomic E-state index is 13.6. The van der Waals surface area contributed by atoms with Crippen molar-refractivity contribution in [1.29, 1.82) is 0 Å². The van der Waals surface area contributed by atoms with Crippen LogP contribution in [-0.4, -0.2) is 9.97 Å². The first kappa shape index (κ1) is 11.3. The van der Waals surface area contributed by atoms with Gasteiger partial charge in [0.1, 0.15) is 12.1 Å². The molecule has 2 rings (SSSR count). The Morgan fingerprint density at radius 1 is 1.24 bits per heavy atom. The SMILES string of the molecule is Cc1ncnc(Oc2cccc(N)c2C)c1F. The van der Waals surface area contributed by atoms with Crippen molar-refractivity contribution in [2.45, 2.75) is 13.8 Å². The molecule has 0 radical (unpaired) electrons. The van der Waals surface area contributed by atoms with E-state index in [1.54, 1.807) is 32.0 Å². The minimum absolute atomic E-state index is 0.0915. The molecule has 17 heavy (non-hydrogen) atoms. The summed E-state index contributed by atoms with van der Waals surface area (Å²) in [7, 11) is 0. The molecule has 0 saturated carbocycles. The van der Waals surface area contributed by atoms with E-state index in [0.29, 0.717) is 11.4 Å². The summed E-state index contributed by atoms with van der Waals surface area (Å²) >= 11 is 0. The lowest BCUT2D eigenvalue weighted by molar-refractivity contribution is 0.414. The molecule has 0 amide bonds.